The van der Waals surface area contributed by atoms with E-state index in [4.69, 9.17) is 18.4 Å². The van der Waals surface area contributed by atoms with Gasteiger partial charge in [0.1, 0.15) is 0 Å². The quantitative estimate of drug-likeness (QED) is 0.522. The molecule has 10 heteroatoms. The molecule has 1 atom stereocenters. The minimum absolute atomic E-state index is 0.0107. The Hall–Kier alpha value is -1.59. The van der Waals surface area contributed by atoms with E-state index in [0.29, 0.717) is 0 Å². The lowest BCUT2D eigenvalue weighted by Gasteiger charge is -2.38. The molecule has 1 fully saturated rings. The van der Waals surface area contributed by atoms with E-state index in [-0.39, 0.29) is 47.2 Å². The molecule has 0 aliphatic carbocycles. The summed E-state index contributed by atoms with van der Waals surface area (Å²) in [6.45, 7) is 12.5. The van der Waals surface area contributed by atoms with Crippen LogP contribution in [0.5, 0.6) is 0 Å². The Balaban J connectivity index is 1.86. The molecule has 1 aliphatic rings. The molecule has 29 heavy (non-hydrogen) atoms. The number of halogens is 2. The average molecular weight is 431 g/mol. The zero-order valence-electron chi connectivity index (χ0n) is 17.6. The van der Waals surface area contributed by atoms with Gasteiger partial charge in [-0.2, -0.15) is 4.39 Å². The SMILES string of the molecule is CC(C)(C)[Si](C)(C)OC[C@](C)(O)Nc1noc2c(F)c(F)c(C3OCCO3)cc12. The summed E-state index contributed by atoms with van der Waals surface area (Å²) in [4.78, 5) is 0. The van der Waals surface area contributed by atoms with E-state index in [9.17, 15) is 13.9 Å². The largest absolute Gasteiger partial charge is 0.412 e. The van der Waals surface area contributed by atoms with Gasteiger partial charge in [-0.1, -0.05) is 25.9 Å². The zero-order chi connectivity index (χ0) is 21.6. The molecule has 2 N–H and O–H groups in total. The Labute approximate surface area is 169 Å². The van der Waals surface area contributed by atoms with Crippen LogP contribution in [-0.4, -0.2) is 44.1 Å². The highest BCUT2D eigenvalue weighted by molar-refractivity contribution is 6.74. The molecule has 1 aromatic heterocycles. The van der Waals surface area contributed by atoms with Crippen LogP contribution in [0.25, 0.3) is 11.0 Å². The highest BCUT2D eigenvalue weighted by Gasteiger charge is 2.39. The first-order valence-electron chi connectivity index (χ1n) is 9.47. The number of hydrogen-bond donors (Lipinski definition) is 2. The van der Waals surface area contributed by atoms with Gasteiger partial charge in [-0.05, 0) is 31.1 Å². The van der Waals surface area contributed by atoms with Gasteiger partial charge in [-0.3, -0.25) is 0 Å². The maximum atomic E-state index is 14.5. The van der Waals surface area contributed by atoms with E-state index < -0.39 is 32.0 Å². The molecule has 1 aromatic carbocycles. The number of ether oxygens (including phenoxy) is 2. The summed E-state index contributed by atoms with van der Waals surface area (Å²) < 4.78 is 50.5. The van der Waals surface area contributed by atoms with Crippen molar-refractivity contribution in [1.82, 2.24) is 5.16 Å². The Morgan fingerprint density at radius 3 is 2.41 bits per heavy atom. The van der Waals surface area contributed by atoms with Crippen LogP contribution in [0.15, 0.2) is 10.6 Å². The topological polar surface area (TPSA) is 86.0 Å². The number of nitrogens with zero attached hydrogens (tertiary/aromatic N) is 1. The minimum Gasteiger partial charge on any atom is -0.412 e. The number of nitrogens with one attached hydrogen (secondary N) is 1. The summed E-state index contributed by atoms with van der Waals surface area (Å²) >= 11 is 0. The van der Waals surface area contributed by atoms with Crippen LogP contribution in [0.2, 0.25) is 18.1 Å². The van der Waals surface area contributed by atoms with Crippen molar-refractivity contribution in [1.29, 1.82) is 0 Å². The van der Waals surface area contributed by atoms with Crippen LogP contribution in [0.4, 0.5) is 14.6 Å². The molecular formula is C19H28F2N2O5Si. The van der Waals surface area contributed by atoms with Gasteiger partial charge >= 0.3 is 0 Å². The maximum Gasteiger partial charge on any atom is 0.207 e. The van der Waals surface area contributed by atoms with Gasteiger partial charge in [0, 0.05) is 5.56 Å². The highest BCUT2D eigenvalue weighted by atomic mass is 28.4. The van der Waals surface area contributed by atoms with Crippen LogP contribution in [0.3, 0.4) is 0 Å². The second-order valence-electron chi connectivity index (χ2n) is 9.02. The summed E-state index contributed by atoms with van der Waals surface area (Å²) in [7, 11) is -2.10. The minimum atomic E-state index is -2.10. The molecule has 2 aromatic rings. The van der Waals surface area contributed by atoms with E-state index in [1.54, 1.807) is 0 Å². The van der Waals surface area contributed by atoms with Gasteiger partial charge in [0.25, 0.3) is 0 Å². The molecule has 1 saturated heterocycles. The van der Waals surface area contributed by atoms with E-state index in [0.717, 1.165) is 0 Å². The molecule has 0 spiro atoms. The number of anilines is 1. The fraction of sp³-hybridized carbons (Fsp3) is 0.632. The van der Waals surface area contributed by atoms with Crippen molar-refractivity contribution in [2.75, 3.05) is 25.1 Å². The van der Waals surface area contributed by atoms with Crippen molar-refractivity contribution >= 4 is 25.1 Å². The molecule has 0 amide bonds. The molecule has 162 valence electrons. The lowest BCUT2D eigenvalue weighted by molar-refractivity contribution is -0.0467. The van der Waals surface area contributed by atoms with Crippen molar-refractivity contribution in [3.63, 3.8) is 0 Å². The summed E-state index contributed by atoms with van der Waals surface area (Å²) in [5.41, 5.74) is -1.95. The first-order valence-corrected chi connectivity index (χ1v) is 12.4. The Morgan fingerprint density at radius 2 is 1.83 bits per heavy atom. The van der Waals surface area contributed by atoms with Crippen molar-refractivity contribution < 1.29 is 32.3 Å². The molecule has 1 aliphatic heterocycles. The number of aromatic nitrogens is 1. The normalized spacial score (nSPS) is 18.4. The van der Waals surface area contributed by atoms with Crippen molar-refractivity contribution in [2.45, 2.75) is 57.8 Å². The Kier molecular flexibility index (Phi) is 5.78. The van der Waals surface area contributed by atoms with E-state index in [2.05, 4.69) is 44.3 Å². The van der Waals surface area contributed by atoms with Gasteiger partial charge in [-0.25, -0.2) is 4.39 Å². The lowest BCUT2D eigenvalue weighted by Crippen LogP contribution is -2.48. The molecule has 7 nitrogen and oxygen atoms in total. The second-order valence-corrected chi connectivity index (χ2v) is 13.8. The summed E-state index contributed by atoms with van der Waals surface area (Å²) in [5, 5.41) is 17.5. The monoisotopic (exact) mass is 430 g/mol. The van der Waals surface area contributed by atoms with Gasteiger partial charge in [-0.15, -0.1) is 0 Å². The Morgan fingerprint density at radius 1 is 1.21 bits per heavy atom. The van der Waals surface area contributed by atoms with Gasteiger partial charge in [0.2, 0.25) is 11.4 Å². The van der Waals surface area contributed by atoms with E-state index in [1.807, 2.05) is 0 Å². The predicted molar refractivity (Wildman–Crippen MR) is 106 cm³/mol. The standard InChI is InChI=1S/C19H28F2N2O5Si/c1-18(2,3)29(5,6)27-10-19(4,24)22-16-12-9-11(17-25-7-8-26-17)13(20)14(21)15(12)28-23-16/h9,17,24H,7-8,10H2,1-6H3,(H,22,23)/t19-/m0/s1. The molecule has 0 saturated carbocycles. The van der Waals surface area contributed by atoms with Crippen molar-refractivity contribution in [2.24, 2.45) is 0 Å². The number of rotatable bonds is 6. The zero-order valence-corrected chi connectivity index (χ0v) is 18.6. The molecular weight excluding hydrogens is 402 g/mol. The third-order valence-electron chi connectivity index (χ3n) is 5.46. The van der Waals surface area contributed by atoms with Gasteiger partial charge in [0.05, 0.1) is 25.2 Å². The smallest absolute Gasteiger partial charge is 0.207 e. The number of aliphatic hydroxyl groups is 1. The third kappa shape index (κ3) is 4.46. The first-order chi connectivity index (χ1) is 13.3. The first kappa shape index (κ1) is 22.1. The fourth-order valence-corrected chi connectivity index (χ4v) is 3.74. The number of hydrogen-bond acceptors (Lipinski definition) is 7. The highest BCUT2D eigenvalue weighted by Crippen LogP contribution is 2.38. The van der Waals surface area contributed by atoms with Crippen LogP contribution < -0.4 is 5.32 Å². The number of benzene rings is 1. The van der Waals surface area contributed by atoms with Gasteiger partial charge in [0.15, 0.2) is 32.0 Å². The predicted octanol–water partition coefficient (Wildman–Crippen LogP) is 4.29. The average Bonchev–Trinajstić information content (AvgIpc) is 3.25. The molecule has 3 rings (SSSR count). The summed E-state index contributed by atoms with van der Waals surface area (Å²) in [6.07, 6.45) is -1.00. The third-order valence-corrected chi connectivity index (χ3v) is 9.94. The van der Waals surface area contributed by atoms with Crippen LogP contribution >= 0.6 is 0 Å². The molecule has 0 bridgehead atoms. The second kappa shape index (κ2) is 7.58. The van der Waals surface area contributed by atoms with Crippen molar-refractivity contribution in [3.8, 4) is 0 Å². The molecule has 0 radical (unpaired) electrons. The van der Waals surface area contributed by atoms with E-state index >= 15 is 0 Å². The maximum absolute atomic E-state index is 14.5. The molecule has 0 unspecified atom stereocenters. The van der Waals surface area contributed by atoms with Crippen LogP contribution in [0.1, 0.15) is 39.5 Å². The fourth-order valence-electron chi connectivity index (χ4n) is 2.66. The number of fused-ring (bicyclic) bond motifs is 1. The lowest BCUT2D eigenvalue weighted by atomic mass is 10.1. The molecule has 2 heterocycles. The Bertz CT molecular complexity index is 889. The van der Waals surface area contributed by atoms with E-state index in [1.165, 1.54) is 13.0 Å². The summed E-state index contributed by atoms with van der Waals surface area (Å²) in [6, 6.07) is 1.35. The van der Waals surface area contributed by atoms with Crippen molar-refractivity contribution in [3.05, 3.63) is 23.3 Å². The van der Waals surface area contributed by atoms with Gasteiger partial charge < -0.3 is 28.8 Å². The summed E-state index contributed by atoms with van der Waals surface area (Å²) in [5.74, 6) is -2.23. The van der Waals surface area contributed by atoms with Crippen LogP contribution in [-0.2, 0) is 13.9 Å². The van der Waals surface area contributed by atoms with Crippen LogP contribution in [0, 0.1) is 11.6 Å².